The molecule has 68 valence electrons. The standard InChI is InChI=1S/C9H7ClO2S/c1-7-2-4-8(5-3-7)13(12)9(10)6-11/h2-5H,1H3. The second kappa shape index (κ2) is 4.38. The number of carbonyl (C=O) groups excluding carboxylic acids is 1. The average Bonchev–Trinajstić information content (AvgIpc) is 2.17. The summed E-state index contributed by atoms with van der Waals surface area (Å²) in [5.74, 6) is 1.41. The SMILES string of the molecule is Cc1ccc(S(=O)C(Cl)=C=O)cc1. The van der Waals surface area contributed by atoms with E-state index >= 15 is 0 Å². The summed E-state index contributed by atoms with van der Waals surface area (Å²) >= 11 is 5.38. The van der Waals surface area contributed by atoms with Crippen LogP contribution >= 0.6 is 11.6 Å². The number of hydrogen-bond acceptors (Lipinski definition) is 2. The largest absolute Gasteiger partial charge is 0.247 e. The molecular formula is C9H7ClO2S. The van der Waals surface area contributed by atoms with Crippen molar-refractivity contribution < 1.29 is 9.00 Å². The van der Waals surface area contributed by atoms with Crippen molar-refractivity contribution in [1.82, 2.24) is 0 Å². The molecule has 0 saturated carbocycles. The first-order valence-corrected chi connectivity index (χ1v) is 5.07. The minimum absolute atomic E-state index is 0.302. The predicted molar refractivity (Wildman–Crippen MR) is 52.6 cm³/mol. The first-order valence-electron chi connectivity index (χ1n) is 3.54. The Morgan fingerprint density at radius 1 is 1.38 bits per heavy atom. The van der Waals surface area contributed by atoms with Crippen molar-refractivity contribution in [3.63, 3.8) is 0 Å². The van der Waals surface area contributed by atoms with Crippen molar-refractivity contribution in [2.45, 2.75) is 11.8 Å². The van der Waals surface area contributed by atoms with E-state index < -0.39 is 10.8 Å². The van der Waals surface area contributed by atoms with E-state index in [9.17, 15) is 9.00 Å². The molecule has 0 spiro atoms. The highest BCUT2D eigenvalue weighted by Gasteiger charge is 2.07. The van der Waals surface area contributed by atoms with E-state index in [1.54, 1.807) is 12.1 Å². The number of rotatable bonds is 2. The summed E-state index contributed by atoms with van der Waals surface area (Å²) in [6.45, 7) is 1.92. The van der Waals surface area contributed by atoms with E-state index in [1.165, 1.54) is 5.94 Å². The van der Waals surface area contributed by atoms with Gasteiger partial charge in [0.25, 0.3) is 0 Å². The summed E-state index contributed by atoms with van der Waals surface area (Å²) in [6, 6.07) is 6.96. The fourth-order valence-corrected chi connectivity index (χ4v) is 1.74. The fraction of sp³-hybridized carbons (Fsp3) is 0.111. The van der Waals surface area contributed by atoms with Crippen LogP contribution < -0.4 is 0 Å². The lowest BCUT2D eigenvalue weighted by Gasteiger charge is -1.97. The third-order valence-electron chi connectivity index (χ3n) is 1.48. The van der Waals surface area contributed by atoms with Crippen LogP contribution in [0.1, 0.15) is 5.56 Å². The van der Waals surface area contributed by atoms with E-state index in [4.69, 9.17) is 11.6 Å². The van der Waals surface area contributed by atoms with Gasteiger partial charge in [0.2, 0.25) is 0 Å². The molecule has 0 amide bonds. The maximum Gasteiger partial charge on any atom is 0.193 e. The molecule has 13 heavy (non-hydrogen) atoms. The molecular weight excluding hydrogens is 208 g/mol. The van der Waals surface area contributed by atoms with Gasteiger partial charge in [-0.2, -0.15) is 0 Å². The summed E-state index contributed by atoms with van der Waals surface area (Å²) in [5, 5.41) is 0. The van der Waals surface area contributed by atoms with Crippen LogP contribution in [0.25, 0.3) is 0 Å². The first kappa shape index (κ1) is 10.2. The summed E-state index contributed by atoms with van der Waals surface area (Å²) < 4.78 is 11.1. The Morgan fingerprint density at radius 2 is 1.92 bits per heavy atom. The van der Waals surface area contributed by atoms with E-state index in [0.717, 1.165) is 5.56 Å². The first-order chi connectivity index (χ1) is 6.15. The van der Waals surface area contributed by atoms with Crippen LogP contribution in [-0.4, -0.2) is 10.2 Å². The second-order valence-corrected chi connectivity index (χ2v) is 4.48. The molecule has 0 radical (unpaired) electrons. The van der Waals surface area contributed by atoms with E-state index in [2.05, 4.69) is 0 Å². The molecule has 0 aliphatic rings. The van der Waals surface area contributed by atoms with Gasteiger partial charge in [-0.15, -0.1) is 0 Å². The van der Waals surface area contributed by atoms with Crippen LogP contribution in [0.3, 0.4) is 0 Å². The fourth-order valence-electron chi connectivity index (χ4n) is 0.803. The van der Waals surface area contributed by atoms with Crippen molar-refractivity contribution in [2.24, 2.45) is 0 Å². The van der Waals surface area contributed by atoms with Crippen molar-refractivity contribution >= 4 is 28.3 Å². The van der Waals surface area contributed by atoms with E-state index in [1.807, 2.05) is 19.1 Å². The Bertz CT molecular complexity index is 377. The van der Waals surface area contributed by atoms with Crippen molar-refractivity contribution in [2.75, 3.05) is 0 Å². The Hall–Kier alpha value is -0.890. The van der Waals surface area contributed by atoms with Gasteiger partial charge in [-0.25, -0.2) is 9.00 Å². The molecule has 0 aliphatic heterocycles. The van der Waals surface area contributed by atoms with Gasteiger partial charge in [0, 0.05) is 4.90 Å². The number of benzene rings is 1. The molecule has 1 aromatic carbocycles. The minimum atomic E-state index is -1.58. The van der Waals surface area contributed by atoms with Crippen LogP contribution in [-0.2, 0) is 15.6 Å². The molecule has 0 saturated heterocycles. The zero-order valence-corrected chi connectivity index (χ0v) is 8.48. The van der Waals surface area contributed by atoms with Crippen LogP contribution in [0, 0.1) is 6.92 Å². The molecule has 1 atom stereocenters. The highest BCUT2D eigenvalue weighted by molar-refractivity contribution is 7.91. The smallest absolute Gasteiger partial charge is 0.193 e. The molecule has 0 aromatic heterocycles. The maximum absolute atomic E-state index is 11.4. The third kappa shape index (κ3) is 2.52. The van der Waals surface area contributed by atoms with Gasteiger partial charge in [-0.1, -0.05) is 29.3 Å². The number of halogens is 1. The number of aryl methyl sites for hydroxylation is 1. The Morgan fingerprint density at radius 3 is 2.38 bits per heavy atom. The van der Waals surface area contributed by atoms with Crippen molar-refractivity contribution in [1.29, 1.82) is 0 Å². The molecule has 0 bridgehead atoms. The molecule has 0 aliphatic carbocycles. The maximum atomic E-state index is 11.4. The monoisotopic (exact) mass is 214 g/mol. The average molecular weight is 215 g/mol. The van der Waals surface area contributed by atoms with Crippen LogP contribution in [0.2, 0.25) is 0 Å². The Kier molecular flexibility index (Phi) is 3.43. The van der Waals surface area contributed by atoms with Crippen LogP contribution in [0.5, 0.6) is 0 Å². The Balaban J connectivity index is 3.03. The molecule has 0 heterocycles. The van der Waals surface area contributed by atoms with Gasteiger partial charge in [0.15, 0.2) is 10.3 Å². The highest BCUT2D eigenvalue weighted by atomic mass is 35.5. The lowest BCUT2D eigenvalue weighted by atomic mass is 10.2. The predicted octanol–water partition coefficient (Wildman–Crippen LogP) is 2.01. The van der Waals surface area contributed by atoms with Crippen LogP contribution in [0.4, 0.5) is 0 Å². The molecule has 1 aromatic rings. The number of hydrogen-bond donors (Lipinski definition) is 0. The zero-order chi connectivity index (χ0) is 9.84. The Labute approximate surface area is 83.7 Å². The minimum Gasteiger partial charge on any atom is -0.247 e. The summed E-state index contributed by atoms with van der Waals surface area (Å²) in [5.41, 5.74) is 1.06. The summed E-state index contributed by atoms with van der Waals surface area (Å²) in [6.07, 6.45) is 0. The highest BCUT2D eigenvalue weighted by Crippen LogP contribution is 2.15. The van der Waals surface area contributed by atoms with E-state index in [0.29, 0.717) is 4.90 Å². The molecule has 1 unspecified atom stereocenters. The molecule has 1 rings (SSSR count). The van der Waals surface area contributed by atoms with E-state index in [-0.39, 0.29) is 4.36 Å². The van der Waals surface area contributed by atoms with Gasteiger partial charge in [-0.05, 0) is 19.1 Å². The van der Waals surface area contributed by atoms with Crippen LogP contribution in [0.15, 0.2) is 33.5 Å². The second-order valence-electron chi connectivity index (χ2n) is 2.46. The zero-order valence-electron chi connectivity index (χ0n) is 6.91. The lowest BCUT2D eigenvalue weighted by molar-refractivity contribution is 0.569. The van der Waals surface area contributed by atoms with Gasteiger partial charge >= 0.3 is 0 Å². The lowest BCUT2D eigenvalue weighted by Crippen LogP contribution is -1.91. The van der Waals surface area contributed by atoms with Gasteiger partial charge in [0.1, 0.15) is 10.8 Å². The van der Waals surface area contributed by atoms with Crippen molar-refractivity contribution in [3.05, 3.63) is 34.2 Å². The summed E-state index contributed by atoms with van der Waals surface area (Å²) in [7, 11) is -1.58. The van der Waals surface area contributed by atoms with Gasteiger partial charge in [-0.3, -0.25) is 0 Å². The van der Waals surface area contributed by atoms with Crippen molar-refractivity contribution in [3.8, 4) is 0 Å². The van der Waals surface area contributed by atoms with Gasteiger partial charge < -0.3 is 0 Å². The topological polar surface area (TPSA) is 34.1 Å². The molecule has 0 N–H and O–H groups in total. The third-order valence-corrected chi connectivity index (χ3v) is 3.08. The molecule has 0 fully saturated rings. The molecule has 2 nitrogen and oxygen atoms in total. The summed E-state index contributed by atoms with van der Waals surface area (Å²) in [4.78, 5) is 10.6. The van der Waals surface area contributed by atoms with Gasteiger partial charge in [0.05, 0.1) is 0 Å². The quantitative estimate of drug-likeness (QED) is 0.706. The normalized spacial score (nSPS) is 11.8. The molecule has 4 heteroatoms.